The minimum atomic E-state index is 0.513. The average Bonchev–Trinajstić information content (AvgIpc) is 2.63. The Labute approximate surface area is 141 Å². The molecule has 0 amide bonds. The van der Waals surface area contributed by atoms with Crippen molar-refractivity contribution in [1.29, 1.82) is 0 Å². The number of nitrogens with one attached hydrogen (secondary N) is 1. The number of aromatic nitrogens is 3. The highest BCUT2D eigenvalue weighted by atomic mass is 15.3. The number of benzene rings is 2. The third-order valence-corrected chi connectivity index (χ3v) is 4.24. The molecular formula is C19H19N5. The number of hydrogen-bond donors (Lipinski definition) is 1. The van der Waals surface area contributed by atoms with Gasteiger partial charge in [0.05, 0.1) is 6.20 Å². The zero-order chi connectivity index (χ0) is 16.4. The Hall–Kier alpha value is -2.95. The Morgan fingerprint density at radius 1 is 1.04 bits per heavy atom. The van der Waals surface area contributed by atoms with Crippen LogP contribution < -0.4 is 10.2 Å². The van der Waals surface area contributed by atoms with Gasteiger partial charge in [0.25, 0.3) is 0 Å². The van der Waals surface area contributed by atoms with Crippen LogP contribution in [0.2, 0.25) is 0 Å². The fourth-order valence-electron chi connectivity index (χ4n) is 3.02. The molecule has 0 bridgehead atoms. The summed E-state index contributed by atoms with van der Waals surface area (Å²) in [5, 5.41) is 11.5. The monoisotopic (exact) mass is 317 g/mol. The van der Waals surface area contributed by atoms with Crippen molar-refractivity contribution in [2.24, 2.45) is 0 Å². The van der Waals surface area contributed by atoms with Gasteiger partial charge in [-0.15, -0.1) is 5.10 Å². The number of rotatable bonds is 3. The molecule has 0 fully saturated rings. The van der Waals surface area contributed by atoms with E-state index >= 15 is 0 Å². The highest BCUT2D eigenvalue weighted by Gasteiger charge is 2.19. The van der Waals surface area contributed by atoms with Crippen molar-refractivity contribution in [3.05, 3.63) is 65.9 Å². The standard InChI is InChI=1S/C19H19N5/c1-14-8-10-16(11-9-14)21-19-22-18(13-20-23-19)24-12-4-6-15-5-2-3-7-17(15)24/h2-3,5,7-11,13H,4,6,12H2,1H3,(H,21,22,23). The van der Waals surface area contributed by atoms with Crippen LogP contribution in [0.3, 0.4) is 0 Å². The lowest BCUT2D eigenvalue weighted by molar-refractivity contribution is 0.754. The molecular weight excluding hydrogens is 298 g/mol. The van der Waals surface area contributed by atoms with E-state index in [1.807, 2.05) is 12.1 Å². The zero-order valence-electron chi connectivity index (χ0n) is 13.6. The van der Waals surface area contributed by atoms with E-state index in [9.17, 15) is 0 Å². The fraction of sp³-hybridized carbons (Fsp3) is 0.211. The number of nitrogens with zero attached hydrogens (tertiary/aromatic N) is 4. The molecule has 1 aliphatic heterocycles. The molecule has 3 aromatic rings. The number of fused-ring (bicyclic) bond motifs is 1. The average molecular weight is 317 g/mol. The molecule has 0 spiro atoms. The van der Waals surface area contributed by atoms with Crippen LogP contribution in [0.15, 0.2) is 54.7 Å². The van der Waals surface area contributed by atoms with Crippen LogP contribution in [-0.4, -0.2) is 21.7 Å². The second-order valence-electron chi connectivity index (χ2n) is 6.01. The van der Waals surface area contributed by atoms with E-state index in [4.69, 9.17) is 0 Å². The van der Waals surface area contributed by atoms with Gasteiger partial charge in [0.1, 0.15) is 0 Å². The molecule has 5 nitrogen and oxygen atoms in total. The molecule has 5 heteroatoms. The van der Waals surface area contributed by atoms with Gasteiger partial charge >= 0.3 is 0 Å². The van der Waals surface area contributed by atoms with Gasteiger partial charge in [0.2, 0.25) is 5.95 Å². The van der Waals surface area contributed by atoms with Gasteiger partial charge < -0.3 is 10.2 Å². The molecule has 1 aliphatic rings. The van der Waals surface area contributed by atoms with Crippen LogP contribution in [0.1, 0.15) is 17.5 Å². The maximum atomic E-state index is 4.65. The van der Waals surface area contributed by atoms with E-state index < -0.39 is 0 Å². The van der Waals surface area contributed by atoms with Crippen LogP contribution in [0, 0.1) is 6.92 Å². The lowest BCUT2D eigenvalue weighted by atomic mass is 10.0. The number of para-hydroxylation sites is 1. The van der Waals surface area contributed by atoms with Crippen molar-refractivity contribution in [2.75, 3.05) is 16.8 Å². The number of aryl methyl sites for hydroxylation is 2. The van der Waals surface area contributed by atoms with Gasteiger partial charge in [-0.2, -0.15) is 10.1 Å². The summed E-state index contributed by atoms with van der Waals surface area (Å²) in [7, 11) is 0. The lowest BCUT2D eigenvalue weighted by Crippen LogP contribution is -2.25. The van der Waals surface area contributed by atoms with Gasteiger partial charge in [-0.1, -0.05) is 35.9 Å². The molecule has 1 N–H and O–H groups in total. The summed E-state index contributed by atoms with van der Waals surface area (Å²) >= 11 is 0. The van der Waals surface area contributed by atoms with E-state index in [2.05, 4.69) is 68.7 Å². The predicted molar refractivity (Wildman–Crippen MR) is 96.1 cm³/mol. The first-order valence-electron chi connectivity index (χ1n) is 8.18. The summed E-state index contributed by atoms with van der Waals surface area (Å²) in [6.45, 7) is 3.01. The zero-order valence-corrected chi connectivity index (χ0v) is 13.6. The maximum absolute atomic E-state index is 4.65. The van der Waals surface area contributed by atoms with Crippen molar-refractivity contribution in [3.63, 3.8) is 0 Å². The molecule has 0 radical (unpaired) electrons. The van der Waals surface area contributed by atoms with Crippen LogP contribution in [-0.2, 0) is 6.42 Å². The Bertz CT molecular complexity index is 844. The molecule has 4 rings (SSSR count). The van der Waals surface area contributed by atoms with Crippen LogP contribution in [0.4, 0.5) is 23.1 Å². The molecule has 2 heterocycles. The highest BCUT2D eigenvalue weighted by Crippen LogP contribution is 2.32. The molecule has 2 aromatic carbocycles. The van der Waals surface area contributed by atoms with Gasteiger partial charge in [-0.05, 0) is 43.5 Å². The molecule has 0 atom stereocenters. The van der Waals surface area contributed by atoms with Crippen molar-refractivity contribution in [2.45, 2.75) is 19.8 Å². The SMILES string of the molecule is Cc1ccc(Nc2nncc(N3CCCc4ccccc43)n2)cc1. The summed E-state index contributed by atoms with van der Waals surface area (Å²) in [5.74, 6) is 1.34. The minimum absolute atomic E-state index is 0.513. The molecule has 24 heavy (non-hydrogen) atoms. The third kappa shape index (κ3) is 2.93. The van der Waals surface area contributed by atoms with E-state index in [1.165, 1.54) is 16.8 Å². The Balaban J connectivity index is 1.62. The molecule has 0 unspecified atom stereocenters. The quantitative estimate of drug-likeness (QED) is 0.791. The van der Waals surface area contributed by atoms with Crippen LogP contribution in [0.25, 0.3) is 0 Å². The van der Waals surface area contributed by atoms with E-state index in [1.54, 1.807) is 6.20 Å². The summed E-state index contributed by atoms with van der Waals surface area (Å²) < 4.78 is 0. The Morgan fingerprint density at radius 3 is 2.75 bits per heavy atom. The summed E-state index contributed by atoms with van der Waals surface area (Å²) in [4.78, 5) is 6.87. The largest absolute Gasteiger partial charge is 0.325 e. The van der Waals surface area contributed by atoms with E-state index in [0.29, 0.717) is 5.95 Å². The summed E-state index contributed by atoms with van der Waals surface area (Å²) in [5.41, 5.74) is 4.75. The third-order valence-electron chi connectivity index (χ3n) is 4.24. The van der Waals surface area contributed by atoms with Crippen LogP contribution in [0.5, 0.6) is 0 Å². The molecule has 0 saturated heterocycles. The lowest BCUT2D eigenvalue weighted by Gasteiger charge is -2.30. The van der Waals surface area contributed by atoms with Crippen LogP contribution >= 0.6 is 0 Å². The normalized spacial score (nSPS) is 13.5. The van der Waals surface area contributed by atoms with E-state index in [0.717, 1.165) is 30.9 Å². The summed E-state index contributed by atoms with van der Waals surface area (Å²) in [6, 6.07) is 16.6. The molecule has 0 saturated carbocycles. The smallest absolute Gasteiger partial charge is 0.249 e. The molecule has 120 valence electrons. The van der Waals surface area contributed by atoms with Crippen molar-refractivity contribution in [3.8, 4) is 0 Å². The van der Waals surface area contributed by atoms with Crippen molar-refractivity contribution >= 4 is 23.1 Å². The predicted octanol–water partition coefficient (Wildman–Crippen LogP) is 4.01. The van der Waals surface area contributed by atoms with Gasteiger partial charge in [-0.25, -0.2) is 0 Å². The van der Waals surface area contributed by atoms with Gasteiger partial charge in [0.15, 0.2) is 5.82 Å². The van der Waals surface area contributed by atoms with E-state index in [-0.39, 0.29) is 0 Å². The highest BCUT2D eigenvalue weighted by molar-refractivity contribution is 5.66. The minimum Gasteiger partial charge on any atom is -0.325 e. The Kier molecular flexibility index (Phi) is 3.83. The first-order chi connectivity index (χ1) is 11.8. The molecule has 1 aromatic heterocycles. The fourth-order valence-corrected chi connectivity index (χ4v) is 3.02. The first-order valence-corrected chi connectivity index (χ1v) is 8.18. The first kappa shape index (κ1) is 14.6. The number of hydrogen-bond acceptors (Lipinski definition) is 5. The number of anilines is 4. The topological polar surface area (TPSA) is 53.9 Å². The van der Waals surface area contributed by atoms with Crippen molar-refractivity contribution in [1.82, 2.24) is 15.2 Å². The molecule has 0 aliphatic carbocycles. The van der Waals surface area contributed by atoms with Gasteiger partial charge in [0, 0.05) is 17.9 Å². The maximum Gasteiger partial charge on any atom is 0.249 e. The van der Waals surface area contributed by atoms with Crippen molar-refractivity contribution < 1.29 is 0 Å². The second-order valence-corrected chi connectivity index (χ2v) is 6.01. The Morgan fingerprint density at radius 2 is 1.88 bits per heavy atom. The second kappa shape index (κ2) is 6.28. The summed E-state index contributed by atoms with van der Waals surface area (Å²) in [6.07, 6.45) is 3.95. The van der Waals surface area contributed by atoms with Gasteiger partial charge in [-0.3, -0.25) is 0 Å².